The number of allylic oxidation sites excluding steroid dienone is 2. The number of rotatable bonds is 2. The number of methoxy groups -OCH3 is 1. The Bertz CT molecular complexity index is 177. The Morgan fingerprint density at radius 2 is 2.20 bits per heavy atom. The maximum atomic E-state index is 5.05. The number of hydrogen-bond donors (Lipinski definition) is 0. The van der Waals surface area contributed by atoms with E-state index in [1.165, 1.54) is 16.7 Å². The Morgan fingerprint density at radius 1 is 1.50 bits per heavy atom. The summed E-state index contributed by atoms with van der Waals surface area (Å²) < 4.78 is 5.05. The summed E-state index contributed by atoms with van der Waals surface area (Å²) in [6, 6.07) is 0. The van der Waals surface area contributed by atoms with Gasteiger partial charge in [0.1, 0.15) is 0 Å². The van der Waals surface area contributed by atoms with Crippen LogP contribution in [0.1, 0.15) is 19.8 Å². The molecule has 10 heavy (non-hydrogen) atoms. The molecule has 0 aliphatic heterocycles. The van der Waals surface area contributed by atoms with Gasteiger partial charge in [-0.05, 0) is 25.3 Å². The van der Waals surface area contributed by atoms with Crippen LogP contribution in [0.25, 0.3) is 0 Å². The molecular formula is C9H14O. The van der Waals surface area contributed by atoms with Gasteiger partial charge in [-0.3, -0.25) is 0 Å². The highest BCUT2D eigenvalue weighted by Crippen LogP contribution is 2.28. The highest BCUT2D eigenvalue weighted by atomic mass is 16.5. The van der Waals surface area contributed by atoms with Crippen LogP contribution in [0.2, 0.25) is 0 Å². The monoisotopic (exact) mass is 138 g/mol. The Hall–Kier alpha value is -0.560. The van der Waals surface area contributed by atoms with Gasteiger partial charge in [0.2, 0.25) is 0 Å². The summed E-state index contributed by atoms with van der Waals surface area (Å²) in [7, 11) is 1.74. The zero-order valence-corrected chi connectivity index (χ0v) is 6.74. The van der Waals surface area contributed by atoms with Crippen LogP contribution in [0, 0.1) is 0 Å². The summed E-state index contributed by atoms with van der Waals surface area (Å²) in [5, 5.41) is 0. The largest absolute Gasteiger partial charge is 0.380 e. The summed E-state index contributed by atoms with van der Waals surface area (Å²) in [5.41, 5.74) is 4.20. The summed E-state index contributed by atoms with van der Waals surface area (Å²) in [4.78, 5) is 0. The highest BCUT2D eigenvalue weighted by molar-refractivity contribution is 5.30. The second-order valence-electron chi connectivity index (χ2n) is 2.92. The van der Waals surface area contributed by atoms with Gasteiger partial charge in [-0.15, -0.1) is 0 Å². The Labute approximate surface area is 62.4 Å². The third-order valence-corrected chi connectivity index (χ3v) is 1.90. The quantitative estimate of drug-likeness (QED) is 0.532. The van der Waals surface area contributed by atoms with Crippen molar-refractivity contribution in [3.63, 3.8) is 0 Å². The minimum absolute atomic E-state index is 0.783. The van der Waals surface area contributed by atoms with Gasteiger partial charge in [0.25, 0.3) is 0 Å². The molecule has 0 amide bonds. The number of ether oxygens (including phenoxy) is 1. The van der Waals surface area contributed by atoms with E-state index in [-0.39, 0.29) is 0 Å². The minimum Gasteiger partial charge on any atom is -0.380 e. The molecule has 0 bridgehead atoms. The van der Waals surface area contributed by atoms with E-state index in [0.29, 0.717) is 0 Å². The van der Waals surface area contributed by atoms with Gasteiger partial charge < -0.3 is 4.74 Å². The second kappa shape index (κ2) is 3.02. The van der Waals surface area contributed by atoms with Crippen molar-refractivity contribution in [2.24, 2.45) is 0 Å². The molecular weight excluding hydrogens is 124 g/mol. The summed E-state index contributed by atoms with van der Waals surface area (Å²) in [5.74, 6) is 0. The van der Waals surface area contributed by atoms with E-state index in [0.717, 1.165) is 19.4 Å². The highest BCUT2D eigenvalue weighted by Gasteiger charge is 2.12. The van der Waals surface area contributed by atoms with Gasteiger partial charge in [0, 0.05) is 7.11 Å². The van der Waals surface area contributed by atoms with Crippen LogP contribution in [0.15, 0.2) is 23.3 Å². The minimum atomic E-state index is 0.783. The van der Waals surface area contributed by atoms with Crippen LogP contribution in [0.4, 0.5) is 0 Å². The lowest BCUT2D eigenvalue weighted by atomic mass is 10.2. The van der Waals surface area contributed by atoms with E-state index in [2.05, 4.69) is 13.5 Å². The lowest BCUT2D eigenvalue weighted by molar-refractivity contribution is 0.224. The van der Waals surface area contributed by atoms with E-state index in [4.69, 9.17) is 4.74 Å². The second-order valence-corrected chi connectivity index (χ2v) is 2.92. The van der Waals surface area contributed by atoms with Crippen molar-refractivity contribution in [3.8, 4) is 0 Å². The smallest absolute Gasteiger partial charge is 0.0678 e. The molecule has 1 aliphatic rings. The first-order valence-electron chi connectivity index (χ1n) is 3.57. The fraction of sp³-hybridized carbons (Fsp3) is 0.556. The third-order valence-electron chi connectivity index (χ3n) is 1.90. The standard InChI is InChI=1S/C9H14O/c1-7-4-8(2)9(5-7)6-10-3/h1,4-6H2,2-3H3. The van der Waals surface area contributed by atoms with Crippen LogP contribution in [-0.2, 0) is 4.74 Å². The molecule has 0 atom stereocenters. The summed E-state index contributed by atoms with van der Waals surface area (Å²) >= 11 is 0. The van der Waals surface area contributed by atoms with Gasteiger partial charge in [0.15, 0.2) is 0 Å². The molecule has 1 aliphatic carbocycles. The van der Waals surface area contributed by atoms with Crippen molar-refractivity contribution in [3.05, 3.63) is 23.3 Å². The molecule has 0 fully saturated rings. The molecule has 0 N–H and O–H groups in total. The maximum Gasteiger partial charge on any atom is 0.0678 e. The summed E-state index contributed by atoms with van der Waals surface area (Å²) in [6.45, 7) is 6.88. The maximum absolute atomic E-state index is 5.05. The predicted octanol–water partition coefficient (Wildman–Crippen LogP) is 2.30. The van der Waals surface area contributed by atoms with E-state index >= 15 is 0 Å². The van der Waals surface area contributed by atoms with Crippen LogP contribution in [0.3, 0.4) is 0 Å². The van der Waals surface area contributed by atoms with Gasteiger partial charge >= 0.3 is 0 Å². The van der Waals surface area contributed by atoms with E-state index in [9.17, 15) is 0 Å². The fourth-order valence-electron chi connectivity index (χ4n) is 1.36. The van der Waals surface area contributed by atoms with Crippen molar-refractivity contribution in [1.82, 2.24) is 0 Å². The SMILES string of the molecule is C=C1CC(C)=C(COC)C1. The average molecular weight is 138 g/mol. The predicted molar refractivity (Wildman–Crippen MR) is 43.0 cm³/mol. The van der Waals surface area contributed by atoms with Gasteiger partial charge in [-0.2, -0.15) is 0 Å². The van der Waals surface area contributed by atoms with Crippen molar-refractivity contribution in [2.45, 2.75) is 19.8 Å². The third kappa shape index (κ3) is 1.48. The molecule has 0 spiro atoms. The normalized spacial score (nSPS) is 18.8. The van der Waals surface area contributed by atoms with Crippen LogP contribution < -0.4 is 0 Å². The molecule has 0 aromatic carbocycles. The molecule has 0 heterocycles. The van der Waals surface area contributed by atoms with Gasteiger partial charge in [-0.25, -0.2) is 0 Å². The zero-order chi connectivity index (χ0) is 7.56. The zero-order valence-electron chi connectivity index (χ0n) is 6.74. The molecule has 1 rings (SSSR count). The van der Waals surface area contributed by atoms with Crippen molar-refractivity contribution >= 4 is 0 Å². The van der Waals surface area contributed by atoms with Gasteiger partial charge in [0.05, 0.1) is 6.61 Å². The van der Waals surface area contributed by atoms with E-state index in [1.807, 2.05) is 0 Å². The fourth-order valence-corrected chi connectivity index (χ4v) is 1.36. The first-order chi connectivity index (χ1) is 4.74. The molecule has 0 aromatic heterocycles. The molecule has 0 aromatic rings. The van der Waals surface area contributed by atoms with E-state index in [1.54, 1.807) is 7.11 Å². The van der Waals surface area contributed by atoms with E-state index < -0.39 is 0 Å². The molecule has 0 radical (unpaired) electrons. The van der Waals surface area contributed by atoms with Gasteiger partial charge in [-0.1, -0.05) is 17.7 Å². The molecule has 0 saturated carbocycles. The van der Waals surface area contributed by atoms with Crippen molar-refractivity contribution in [2.75, 3.05) is 13.7 Å². The topological polar surface area (TPSA) is 9.23 Å². The Balaban J connectivity index is 2.57. The van der Waals surface area contributed by atoms with Crippen LogP contribution in [-0.4, -0.2) is 13.7 Å². The Kier molecular flexibility index (Phi) is 2.28. The van der Waals surface area contributed by atoms with Crippen molar-refractivity contribution < 1.29 is 4.74 Å². The summed E-state index contributed by atoms with van der Waals surface area (Å²) in [6.07, 6.45) is 2.14. The number of hydrogen-bond acceptors (Lipinski definition) is 1. The average Bonchev–Trinajstić information content (AvgIpc) is 2.13. The molecule has 0 unspecified atom stereocenters. The van der Waals surface area contributed by atoms with Crippen LogP contribution in [0.5, 0.6) is 0 Å². The van der Waals surface area contributed by atoms with Crippen molar-refractivity contribution in [1.29, 1.82) is 0 Å². The van der Waals surface area contributed by atoms with Crippen LogP contribution >= 0.6 is 0 Å². The first-order valence-corrected chi connectivity index (χ1v) is 3.57. The molecule has 56 valence electrons. The molecule has 0 saturated heterocycles. The lowest BCUT2D eigenvalue weighted by Gasteiger charge is -1.99. The molecule has 1 heteroatoms. The Morgan fingerprint density at radius 3 is 2.60 bits per heavy atom. The first kappa shape index (κ1) is 7.55. The lowest BCUT2D eigenvalue weighted by Crippen LogP contribution is -1.92. The molecule has 1 nitrogen and oxygen atoms in total.